The normalized spacial score (nSPS) is 23.0. The average Bonchev–Trinajstić information content (AvgIpc) is 2.83. The number of nitrogens with zero attached hydrogens (tertiary/aromatic N) is 3. The third kappa shape index (κ3) is 2.41. The number of sulfonamides is 1. The molecule has 22 heavy (non-hydrogen) atoms. The Balaban J connectivity index is 1.99. The fourth-order valence-electron chi connectivity index (χ4n) is 2.75. The molecule has 120 valence electrons. The molecule has 0 radical (unpaired) electrons. The number of fused-ring (bicyclic) bond motifs is 1. The van der Waals surface area contributed by atoms with Crippen molar-refractivity contribution in [2.45, 2.75) is 38.1 Å². The van der Waals surface area contributed by atoms with Crippen molar-refractivity contribution in [3.8, 4) is 0 Å². The number of pyridine rings is 1. The molecule has 0 bridgehead atoms. The van der Waals surface area contributed by atoms with E-state index in [1.54, 1.807) is 13.0 Å². The minimum atomic E-state index is -3.60. The van der Waals surface area contributed by atoms with E-state index in [9.17, 15) is 8.42 Å². The molecule has 2 aromatic heterocycles. The molecular weight excluding hydrogens is 304 g/mol. The molecule has 1 atom stereocenters. The number of nitrogens with two attached hydrogens (primary N) is 1. The Morgan fingerprint density at radius 3 is 2.86 bits per heavy atom. The predicted octanol–water partition coefficient (Wildman–Crippen LogP) is 1.28. The molecule has 3 heterocycles. The van der Waals surface area contributed by atoms with Crippen molar-refractivity contribution in [2.75, 3.05) is 13.1 Å². The summed E-state index contributed by atoms with van der Waals surface area (Å²) in [5, 5.41) is 4.42. The summed E-state index contributed by atoms with van der Waals surface area (Å²) in [5.41, 5.74) is 6.80. The van der Waals surface area contributed by atoms with E-state index in [4.69, 9.17) is 10.3 Å². The van der Waals surface area contributed by atoms with Crippen LogP contribution >= 0.6 is 0 Å². The smallest absolute Gasteiger partial charge is 0.257 e. The zero-order valence-electron chi connectivity index (χ0n) is 12.9. The van der Waals surface area contributed by atoms with Crippen LogP contribution in [0.4, 0.5) is 0 Å². The van der Waals surface area contributed by atoms with E-state index in [0.29, 0.717) is 36.3 Å². The molecule has 1 saturated heterocycles. The number of hydrogen-bond acceptors (Lipinski definition) is 6. The van der Waals surface area contributed by atoms with Gasteiger partial charge in [-0.3, -0.25) is 0 Å². The fraction of sp³-hybridized carbons (Fsp3) is 0.571. The first-order valence-corrected chi connectivity index (χ1v) is 8.63. The maximum absolute atomic E-state index is 12.9. The molecule has 1 aliphatic rings. The minimum Gasteiger partial charge on any atom is -0.336 e. The highest BCUT2D eigenvalue weighted by Crippen LogP contribution is 2.31. The zero-order chi connectivity index (χ0) is 16.1. The summed E-state index contributed by atoms with van der Waals surface area (Å²) >= 11 is 0. The summed E-state index contributed by atoms with van der Waals surface area (Å²) < 4.78 is 32.2. The molecule has 7 nitrogen and oxygen atoms in total. The molecule has 2 aromatic rings. The van der Waals surface area contributed by atoms with Crippen LogP contribution in [-0.2, 0) is 10.0 Å². The first-order valence-electron chi connectivity index (χ1n) is 7.19. The van der Waals surface area contributed by atoms with Gasteiger partial charge in [-0.05, 0) is 24.8 Å². The molecule has 0 amide bonds. The lowest BCUT2D eigenvalue weighted by Crippen LogP contribution is -2.53. The van der Waals surface area contributed by atoms with Gasteiger partial charge >= 0.3 is 0 Å². The lowest BCUT2D eigenvalue weighted by atomic mass is 9.81. The van der Waals surface area contributed by atoms with Crippen LogP contribution in [0, 0.1) is 12.3 Å². The molecule has 3 rings (SSSR count). The molecule has 8 heteroatoms. The monoisotopic (exact) mass is 324 g/mol. The largest absolute Gasteiger partial charge is 0.336 e. The fourth-order valence-corrected chi connectivity index (χ4v) is 4.35. The minimum absolute atomic E-state index is 0.000117. The van der Waals surface area contributed by atoms with Gasteiger partial charge < -0.3 is 10.3 Å². The highest BCUT2D eigenvalue weighted by Gasteiger charge is 2.39. The van der Waals surface area contributed by atoms with Crippen LogP contribution in [0.1, 0.15) is 26.0 Å². The Kier molecular flexibility index (Phi) is 3.50. The van der Waals surface area contributed by atoms with Crippen molar-refractivity contribution in [2.24, 2.45) is 11.1 Å². The Labute approximate surface area is 129 Å². The molecular formula is C14H20N4O3S. The topological polar surface area (TPSA) is 102 Å². The number of aryl methyl sites for hydroxylation is 1. The van der Waals surface area contributed by atoms with Gasteiger partial charge in [0, 0.05) is 19.1 Å². The third-order valence-electron chi connectivity index (χ3n) is 4.40. The number of piperidine rings is 1. The summed E-state index contributed by atoms with van der Waals surface area (Å²) in [4.78, 5) is 4.22. The first-order chi connectivity index (χ1) is 10.2. The van der Waals surface area contributed by atoms with Gasteiger partial charge in [0.05, 0.1) is 17.3 Å². The quantitative estimate of drug-likeness (QED) is 0.892. The number of aromatic nitrogens is 2. The van der Waals surface area contributed by atoms with Crippen LogP contribution < -0.4 is 5.73 Å². The highest BCUT2D eigenvalue weighted by molar-refractivity contribution is 7.89. The van der Waals surface area contributed by atoms with E-state index in [0.717, 1.165) is 0 Å². The van der Waals surface area contributed by atoms with Crippen LogP contribution in [0.5, 0.6) is 0 Å². The van der Waals surface area contributed by atoms with Crippen molar-refractivity contribution in [3.63, 3.8) is 0 Å². The number of hydrogen-bond donors (Lipinski definition) is 1. The second kappa shape index (κ2) is 5.00. The summed E-state index contributed by atoms with van der Waals surface area (Å²) in [5.74, 6) is 0. The molecule has 0 spiro atoms. The van der Waals surface area contributed by atoms with Gasteiger partial charge in [-0.25, -0.2) is 13.4 Å². The van der Waals surface area contributed by atoms with E-state index in [-0.39, 0.29) is 16.4 Å². The summed E-state index contributed by atoms with van der Waals surface area (Å²) in [7, 11) is -3.60. The predicted molar refractivity (Wildman–Crippen MR) is 81.7 cm³/mol. The van der Waals surface area contributed by atoms with Crippen LogP contribution in [0.2, 0.25) is 0 Å². The summed E-state index contributed by atoms with van der Waals surface area (Å²) in [6.07, 6.45) is 1.97. The summed E-state index contributed by atoms with van der Waals surface area (Å²) in [6.45, 7) is 6.56. The molecule has 2 N–H and O–H groups in total. The lowest BCUT2D eigenvalue weighted by molar-refractivity contribution is 0.155. The van der Waals surface area contributed by atoms with Crippen molar-refractivity contribution in [3.05, 3.63) is 18.0 Å². The van der Waals surface area contributed by atoms with E-state index >= 15 is 0 Å². The molecule has 1 fully saturated rings. The average molecular weight is 324 g/mol. The molecule has 1 aliphatic heterocycles. The van der Waals surface area contributed by atoms with E-state index in [2.05, 4.69) is 10.1 Å². The van der Waals surface area contributed by atoms with Crippen molar-refractivity contribution < 1.29 is 12.9 Å². The van der Waals surface area contributed by atoms with Crippen molar-refractivity contribution >= 4 is 21.1 Å². The van der Waals surface area contributed by atoms with Crippen LogP contribution in [0.25, 0.3) is 11.1 Å². The van der Waals surface area contributed by atoms with E-state index in [1.165, 1.54) is 10.5 Å². The molecule has 1 unspecified atom stereocenters. The Morgan fingerprint density at radius 2 is 2.18 bits per heavy atom. The van der Waals surface area contributed by atoms with Crippen molar-refractivity contribution in [1.29, 1.82) is 0 Å². The first kappa shape index (κ1) is 15.4. The van der Waals surface area contributed by atoms with Gasteiger partial charge in [-0.1, -0.05) is 19.0 Å². The van der Waals surface area contributed by atoms with Gasteiger partial charge in [0.15, 0.2) is 0 Å². The van der Waals surface area contributed by atoms with Gasteiger partial charge in [0.1, 0.15) is 4.90 Å². The standard InChI is InChI=1S/C14H20N4O3S/c1-9-11-6-10(7-16-13(11)21-17-9)22(19,20)18-5-4-12(15)14(2,3)8-18/h6-7,12H,4-5,8,15H2,1-3H3. The maximum atomic E-state index is 12.9. The van der Waals surface area contributed by atoms with Crippen molar-refractivity contribution in [1.82, 2.24) is 14.4 Å². The molecule has 0 aliphatic carbocycles. The van der Waals surface area contributed by atoms with Gasteiger partial charge in [0.25, 0.3) is 5.71 Å². The highest BCUT2D eigenvalue weighted by atomic mass is 32.2. The maximum Gasteiger partial charge on any atom is 0.257 e. The van der Waals surface area contributed by atoms with E-state index in [1.807, 2.05) is 13.8 Å². The summed E-state index contributed by atoms with van der Waals surface area (Å²) in [6, 6.07) is 1.57. The van der Waals surface area contributed by atoms with Crippen LogP contribution in [0.3, 0.4) is 0 Å². The SMILES string of the molecule is Cc1noc2ncc(S(=O)(=O)N3CCC(N)C(C)(C)C3)cc12. The van der Waals surface area contributed by atoms with Gasteiger partial charge in [-0.2, -0.15) is 4.31 Å². The second-order valence-corrected chi connectivity index (χ2v) is 8.45. The molecule has 0 saturated carbocycles. The van der Waals surface area contributed by atoms with Gasteiger partial charge in [0.2, 0.25) is 10.0 Å². The molecule has 0 aromatic carbocycles. The zero-order valence-corrected chi connectivity index (χ0v) is 13.7. The Hall–Kier alpha value is -1.51. The van der Waals surface area contributed by atoms with Crippen LogP contribution in [-0.4, -0.2) is 42.0 Å². The number of rotatable bonds is 2. The Morgan fingerprint density at radius 1 is 1.45 bits per heavy atom. The van der Waals surface area contributed by atoms with Crippen LogP contribution in [0.15, 0.2) is 21.7 Å². The van der Waals surface area contributed by atoms with Gasteiger partial charge in [-0.15, -0.1) is 0 Å². The third-order valence-corrected chi connectivity index (χ3v) is 6.21. The Bertz CT molecular complexity index is 813. The van der Waals surface area contributed by atoms with E-state index < -0.39 is 10.0 Å². The lowest BCUT2D eigenvalue weighted by Gasteiger charge is -2.41. The second-order valence-electron chi connectivity index (χ2n) is 6.51.